The second-order valence-corrected chi connectivity index (χ2v) is 8.45. The number of oxazole rings is 1. The van der Waals surface area contributed by atoms with Crippen molar-refractivity contribution in [3.05, 3.63) is 54.2 Å². The molecular formula is C25H27FN6O2. The van der Waals surface area contributed by atoms with Gasteiger partial charge in [-0.25, -0.2) is 14.4 Å². The van der Waals surface area contributed by atoms with Crippen molar-refractivity contribution in [2.75, 3.05) is 18.4 Å². The third kappa shape index (κ3) is 4.71. The number of carbonyl (C=O) groups excluding carboxylic acids is 1. The standard InChI is InChI=1S/C25H27FN6O2/c1-2-9-27-14-23-30-19-8-5-15(12-21(19)31-23)22-13-29-25(34-22)16-6-7-18(17(26)11-16)32-24(33)20-4-3-10-28-20/h5-8,11-13,20,27-28H,2-4,9-10,14H2,1H3,(H,30,31)(H,32,33). The second kappa shape index (κ2) is 9.74. The molecule has 9 heteroatoms. The molecule has 0 aliphatic carbocycles. The predicted molar refractivity (Wildman–Crippen MR) is 129 cm³/mol. The van der Waals surface area contributed by atoms with E-state index in [1.165, 1.54) is 12.1 Å². The van der Waals surface area contributed by atoms with Crippen LogP contribution in [-0.4, -0.2) is 40.0 Å². The average Bonchev–Trinajstić information content (AvgIpc) is 3.60. The van der Waals surface area contributed by atoms with Crippen LogP contribution in [0.5, 0.6) is 0 Å². The molecule has 1 aliphatic heterocycles. The first-order valence-electron chi connectivity index (χ1n) is 11.6. The van der Waals surface area contributed by atoms with Crippen LogP contribution in [0, 0.1) is 5.82 Å². The monoisotopic (exact) mass is 462 g/mol. The Hall–Kier alpha value is -3.56. The molecule has 8 nitrogen and oxygen atoms in total. The number of aromatic nitrogens is 3. The van der Waals surface area contributed by atoms with E-state index >= 15 is 0 Å². The van der Waals surface area contributed by atoms with Gasteiger partial charge in [0, 0.05) is 11.1 Å². The third-order valence-electron chi connectivity index (χ3n) is 5.89. The van der Waals surface area contributed by atoms with Crippen LogP contribution in [0.15, 0.2) is 47.0 Å². The molecule has 1 unspecified atom stereocenters. The lowest BCUT2D eigenvalue weighted by atomic mass is 10.1. The highest BCUT2D eigenvalue weighted by Crippen LogP contribution is 2.29. The number of amides is 1. The van der Waals surface area contributed by atoms with Crippen molar-refractivity contribution in [2.45, 2.75) is 38.8 Å². The van der Waals surface area contributed by atoms with E-state index in [2.05, 4.69) is 37.8 Å². The summed E-state index contributed by atoms with van der Waals surface area (Å²) in [6.07, 6.45) is 4.38. The Bertz CT molecular complexity index is 1310. The average molecular weight is 463 g/mol. The van der Waals surface area contributed by atoms with E-state index in [1.807, 2.05) is 18.2 Å². The first kappa shape index (κ1) is 22.2. The highest BCUT2D eigenvalue weighted by atomic mass is 19.1. The van der Waals surface area contributed by atoms with E-state index in [-0.39, 0.29) is 17.6 Å². The zero-order valence-electron chi connectivity index (χ0n) is 19.0. The summed E-state index contributed by atoms with van der Waals surface area (Å²) in [5.41, 5.74) is 3.27. The maximum Gasteiger partial charge on any atom is 0.241 e. The summed E-state index contributed by atoms with van der Waals surface area (Å²) >= 11 is 0. The molecule has 1 amide bonds. The largest absolute Gasteiger partial charge is 0.436 e. The molecule has 4 aromatic rings. The van der Waals surface area contributed by atoms with Gasteiger partial charge in [0.2, 0.25) is 11.8 Å². The number of nitrogens with zero attached hydrogens (tertiary/aromatic N) is 2. The molecule has 1 fully saturated rings. The Labute approximate surface area is 196 Å². The molecule has 2 aromatic heterocycles. The Morgan fingerprint density at radius 3 is 2.91 bits per heavy atom. The van der Waals surface area contributed by atoms with Crippen LogP contribution in [0.1, 0.15) is 32.0 Å². The van der Waals surface area contributed by atoms with E-state index in [1.54, 1.807) is 12.3 Å². The van der Waals surface area contributed by atoms with Gasteiger partial charge in [0.15, 0.2) is 5.76 Å². The highest BCUT2D eigenvalue weighted by molar-refractivity contribution is 5.95. The molecule has 0 saturated carbocycles. The lowest BCUT2D eigenvalue weighted by Crippen LogP contribution is -2.35. The van der Waals surface area contributed by atoms with E-state index in [4.69, 9.17) is 4.42 Å². The Morgan fingerprint density at radius 2 is 2.12 bits per heavy atom. The number of benzene rings is 2. The fraction of sp³-hybridized carbons (Fsp3) is 0.320. The normalized spacial score (nSPS) is 15.8. The summed E-state index contributed by atoms with van der Waals surface area (Å²) in [6.45, 7) is 4.55. The number of imidazole rings is 1. The lowest BCUT2D eigenvalue weighted by Gasteiger charge is -2.12. The summed E-state index contributed by atoms with van der Waals surface area (Å²) in [6, 6.07) is 10.1. The topological polar surface area (TPSA) is 108 Å². The quantitative estimate of drug-likeness (QED) is 0.292. The number of carbonyl (C=O) groups is 1. The maximum atomic E-state index is 14.7. The molecule has 4 N–H and O–H groups in total. The van der Waals surface area contributed by atoms with Crippen LogP contribution in [0.3, 0.4) is 0 Å². The number of fused-ring (bicyclic) bond motifs is 1. The summed E-state index contributed by atoms with van der Waals surface area (Å²) in [5.74, 6) is 0.999. The van der Waals surface area contributed by atoms with Crippen LogP contribution in [0.25, 0.3) is 33.8 Å². The minimum atomic E-state index is -0.535. The van der Waals surface area contributed by atoms with Gasteiger partial charge in [-0.2, -0.15) is 0 Å². The summed E-state index contributed by atoms with van der Waals surface area (Å²) in [7, 11) is 0. The summed E-state index contributed by atoms with van der Waals surface area (Å²) < 4.78 is 20.6. The number of nitrogens with one attached hydrogen (secondary N) is 4. The van der Waals surface area contributed by atoms with E-state index in [0.29, 0.717) is 23.8 Å². The van der Waals surface area contributed by atoms with Gasteiger partial charge in [0.25, 0.3) is 0 Å². The zero-order chi connectivity index (χ0) is 23.5. The first-order chi connectivity index (χ1) is 16.6. The number of hydrogen-bond donors (Lipinski definition) is 4. The van der Waals surface area contributed by atoms with Crippen molar-refractivity contribution in [3.8, 4) is 22.8 Å². The van der Waals surface area contributed by atoms with Gasteiger partial charge >= 0.3 is 0 Å². The fourth-order valence-corrected chi connectivity index (χ4v) is 4.10. The van der Waals surface area contributed by atoms with E-state index in [0.717, 1.165) is 54.8 Å². The molecule has 0 radical (unpaired) electrons. The number of aromatic amines is 1. The second-order valence-electron chi connectivity index (χ2n) is 8.45. The number of halogens is 1. The van der Waals surface area contributed by atoms with Gasteiger partial charge in [-0.1, -0.05) is 6.92 Å². The van der Waals surface area contributed by atoms with Crippen LogP contribution >= 0.6 is 0 Å². The molecular weight excluding hydrogens is 435 g/mol. The molecule has 1 saturated heterocycles. The highest BCUT2D eigenvalue weighted by Gasteiger charge is 2.23. The van der Waals surface area contributed by atoms with Crippen LogP contribution in [-0.2, 0) is 11.3 Å². The van der Waals surface area contributed by atoms with Crippen molar-refractivity contribution < 1.29 is 13.6 Å². The predicted octanol–water partition coefficient (Wildman–Crippen LogP) is 4.21. The molecule has 0 bridgehead atoms. The van der Waals surface area contributed by atoms with E-state index in [9.17, 15) is 9.18 Å². The summed E-state index contributed by atoms with van der Waals surface area (Å²) in [5, 5.41) is 9.10. The maximum absolute atomic E-state index is 14.7. The smallest absolute Gasteiger partial charge is 0.241 e. The van der Waals surface area contributed by atoms with Crippen molar-refractivity contribution in [3.63, 3.8) is 0 Å². The van der Waals surface area contributed by atoms with Gasteiger partial charge in [-0.05, 0) is 68.8 Å². The minimum absolute atomic E-state index is 0.142. The number of H-pyrrole nitrogens is 1. The fourth-order valence-electron chi connectivity index (χ4n) is 4.10. The van der Waals surface area contributed by atoms with Crippen LogP contribution < -0.4 is 16.0 Å². The first-order valence-corrected chi connectivity index (χ1v) is 11.6. The van der Waals surface area contributed by atoms with Crippen molar-refractivity contribution in [2.24, 2.45) is 0 Å². The number of anilines is 1. The Balaban J connectivity index is 1.31. The molecule has 1 aliphatic rings. The van der Waals surface area contributed by atoms with E-state index < -0.39 is 5.82 Å². The van der Waals surface area contributed by atoms with Gasteiger partial charge in [0.1, 0.15) is 11.6 Å². The summed E-state index contributed by atoms with van der Waals surface area (Å²) in [4.78, 5) is 24.5. The molecule has 3 heterocycles. The lowest BCUT2D eigenvalue weighted by molar-refractivity contribution is -0.117. The number of hydrogen-bond acceptors (Lipinski definition) is 6. The molecule has 1 atom stereocenters. The molecule has 0 spiro atoms. The van der Waals surface area contributed by atoms with Crippen LogP contribution in [0.4, 0.5) is 10.1 Å². The van der Waals surface area contributed by atoms with Gasteiger partial charge in [-0.15, -0.1) is 0 Å². The molecule has 5 rings (SSSR count). The Kier molecular flexibility index (Phi) is 6.37. The van der Waals surface area contributed by atoms with Crippen LogP contribution in [0.2, 0.25) is 0 Å². The number of rotatable bonds is 8. The van der Waals surface area contributed by atoms with Gasteiger partial charge < -0.3 is 25.4 Å². The van der Waals surface area contributed by atoms with Crippen molar-refractivity contribution in [1.29, 1.82) is 0 Å². The van der Waals surface area contributed by atoms with Crippen molar-refractivity contribution >= 4 is 22.6 Å². The Morgan fingerprint density at radius 1 is 1.24 bits per heavy atom. The SMILES string of the molecule is CCCNCc1nc2ccc(-c3cnc(-c4ccc(NC(=O)C5CCCN5)c(F)c4)o3)cc2[nH]1. The van der Waals surface area contributed by atoms with Crippen molar-refractivity contribution in [1.82, 2.24) is 25.6 Å². The van der Waals surface area contributed by atoms with Gasteiger partial charge in [0.05, 0.1) is 35.5 Å². The third-order valence-corrected chi connectivity index (χ3v) is 5.89. The molecule has 2 aromatic carbocycles. The molecule has 176 valence electrons. The molecule has 34 heavy (non-hydrogen) atoms. The zero-order valence-corrected chi connectivity index (χ0v) is 19.0. The van der Waals surface area contributed by atoms with Gasteiger partial charge in [-0.3, -0.25) is 4.79 Å². The minimum Gasteiger partial charge on any atom is -0.436 e.